The first-order valence-electron chi connectivity index (χ1n) is 4.00. The summed E-state index contributed by atoms with van der Waals surface area (Å²) in [6.45, 7) is 0.238. The predicted molar refractivity (Wildman–Crippen MR) is 50.5 cm³/mol. The second kappa shape index (κ2) is 3.58. The number of nitrogens with zero attached hydrogens (tertiary/aromatic N) is 4. The highest BCUT2D eigenvalue weighted by Gasteiger charge is 2.30. The third kappa shape index (κ3) is 1.73. The van der Waals surface area contributed by atoms with Gasteiger partial charge in [0.05, 0.1) is 25.3 Å². The zero-order chi connectivity index (χ0) is 10.1. The van der Waals surface area contributed by atoms with Crippen LogP contribution in [0.2, 0.25) is 0 Å². The Morgan fingerprint density at radius 2 is 2.36 bits per heavy atom. The number of carbonyl (C=O) groups is 1. The molecule has 1 unspecified atom stereocenters. The van der Waals surface area contributed by atoms with Gasteiger partial charge in [0.25, 0.3) is 5.95 Å². The van der Waals surface area contributed by atoms with Crippen molar-refractivity contribution in [3.8, 4) is 0 Å². The lowest BCUT2D eigenvalue weighted by molar-refractivity contribution is -0.117. The van der Waals surface area contributed by atoms with Crippen molar-refractivity contribution >= 4 is 27.8 Å². The molecule has 0 aliphatic carbocycles. The van der Waals surface area contributed by atoms with Crippen LogP contribution >= 0.6 is 15.9 Å². The molecule has 1 fully saturated rings. The number of hydrogen-bond donors (Lipinski definition) is 1. The van der Waals surface area contributed by atoms with Gasteiger partial charge in [0, 0.05) is 0 Å². The Labute approximate surface area is 88.1 Å². The van der Waals surface area contributed by atoms with E-state index in [1.807, 2.05) is 0 Å². The minimum atomic E-state index is -0.630. The molecule has 1 aromatic heterocycles. The van der Waals surface area contributed by atoms with Crippen molar-refractivity contribution in [2.75, 3.05) is 11.4 Å². The zero-order valence-corrected chi connectivity index (χ0v) is 8.68. The van der Waals surface area contributed by atoms with E-state index in [9.17, 15) is 9.90 Å². The molecule has 14 heavy (non-hydrogen) atoms. The van der Waals surface area contributed by atoms with Gasteiger partial charge < -0.3 is 5.11 Å². The van der Waals surface area contributed by atoms with Gasteiger partial charge in [-0.3, -0.25) is 9.69 Å². The van der Waals surface area contributed by atoms with Crippen LogP contribution in [-0.2, 0) is 4.79 Å². The average Bonchev–Trinajstić information content (AvgIpc) is 2.47. The number of amides is 1. The summed E-state index contributed by atoms with van der Waals surface area (Å²) < 4.78 is 0.508. The number of rotatable bonds is 1. The van der Waals surface area contributed by atoms with E-state index in [4.69, 9.17) is 0 Å². The number of aliphatic hydroxyl groups is 1. The number of carbonyl (C=O) groups excluding carboxylic acids is 1. The van der Waals surface area contributed by atoms with Crippen molar-refractivity contribution in [3.63, 3.8) is 0 Å². The van der Waals surface area contributed by atoms with Crippen molar-refractivity contribution < 1.29 is 9.90 Å². The first-order valence-corrected chi connectivity index (χ1v) is 4.80. The van der Waals surface area contributed by atoms with E-state index in [0.717, 1.165) is 0 Å². The largest absolute Gasteiger partial charge is 0.391 e. The minimum Gasteiger partial charge on any atom is -0.391 e. The molecule has 2 rings (SSSR count). The smallest absolute Gasteiger partial charge is 0.252 e. The number of halogens is 1. The van der Waals surface area contributed by atoms with Gasteiger partial charge >= 0.3 is 0 Å². The van der Waals surface area contributed by atoms with Crippen molar-refractivity contribution in [1.82, 2.24) is 15.2 Å². The maximum absolute atomic E-state index is 11.3. The monoisotopic (exact) mass is 258 g/mol. The van der Waals surface area contributed by atoms with Gasteiger partial charge in [-0.2, -0.15) is 0 Å². The van der Waals surface area contributed by atoms with Gasteiger partial charge in [-0.05, 0) is 15.9 Å². The van der Waals surface area contributed by atoms with Gasteiger partial charge in [-0.15, -0.1) is 10.2 Å². The van der Waals surface area contributed by atoms with E-state index >= 15 is 0 Å². The third-order valence-electron chi connectivity index (χ3n) is 1.87. The SMILES string of the molecule is O=C1CC(O)CN1c1ncc(Br)nn1. The zero-order valence-electron chi connectivity index (χ0n) is 7.09. The van der Waals surface area contributed by atoms with Crippen LogP contribution in [-0.4, -0.2) is 38.8 Å². The van der Waals surface area contributed by atoms with Crippen molar-refractivity contribution in [2.24, 2.45) is 0 Å². The lowest BCUT2D eigenvalue weighted by Crippen LogP contribution is -2.27. The van der Waals surface area contributed by atoms with Crippen LogP contribution in [0.25, 0.3) is 0 Å². The van der Waals surface area contributed by atoms with Crippen LogP contribution in [0.4, 0.5) is 5.95 Å². The summed E-state index contributed by atoms with van der Waals surface area (Å²) in [6, 6.07) is 0. The molecular formula is C7H7BrN4O2. The molecule has 6 nitrogen and oxygen atoms in total. The molecule has 1 atom stereocenters. The molecular weight excluding hydrogens is 252 g/mol. The lowest BCUT2D eigenvalue weighted by atomic mass is 10.3. The molecule has 1 saturated heterocycles. The first kappa shape index (κ1) is 9.47. The fourth-order valence-electron chi connectivity index (χ4n) is 1.26. The van der Waals surface area contributed by atoms with Gasteiger partial charge in [0.15, 0.2) is 0 Å². The van der Waals surface area contributed by atoms with Crippen LogP contribution in [0.3, 0.4) is 0 Å². The highest BCUT2D eigenvalue weighted by Crippen LogP contribution is 2.16. The molecule has 1 N–H and O–H groups in total. The molecule has 0 spiro atoms. The molecule has 2 heterocycles. The Bertz CT molecular complexity index is 355. The van der Waals surface area contributed by atoms with Crippen molar-refractivity contribution in [3.05, 3.63) is 10.8 Å². The Hall–Kier alpha value is -1.08. The van der Waals surface area contributed by atoms with Gasteiger partial charge in [-0.25, -0.2) is 4.98 Å². The summed E-state index contributed by atoms with van der Waals surface area (Å²) >= 11 is 3.09. The van der Waals surface area contributed by atoms with Gasteiger partial charge in [0.2, 0.25) is 5.91 Å². The molecule has 0 bridgehead atoms. The van der Waals surface area contributed by atoms with Gasteiger partial charge in [0.1, 0.15) is 4.60 Å². The fourth-order valence-corrected chi connectivity index (χ4v) is 1.44. The Balaban J connectivity index is 2.23. The normalized spacial score (nSPS) is 21.7. The number of β-amino-alcohol motifs (C(OH)–C–C–N with tert-alkyl or cyclic N) is 1. The summed E-state index contributed by atoms with van der Waals surface area (Å²) in [5, 5.41) is 16.7. The Morgan fingerprint density at radius 1 is 1.57 bits per heavy atom. The first-order chi connectivity index (χ1) is 6.66. The lowest BCUT2D eigenvalue weighted by Gasteiger charge is -2.11. The molecule has 0 aromatic carbocycles. The summed E-state index contributed by atoms with van der Waals surface area (Å²) in [6.07, 6.45) is 0.953. The van der Waals surface area contributed by atoms with Crippen molar-refractivity contribution in [1.29, 1.82) is 0 Å². The highest BCUT2D eigenvalue weighted by molar-refractivity contribution is 9.10. The second-order valence-corrected chi connectivity index (χ2v) is 3.76. The quantitative estimate of drug-likeness (QED) is 0.751. The molecule has 1 aromatic rings. The Kier molecular flexibility index (Phi) is 2.42. The fraction of sp³-hybridized carbons (Fsp3) is 0.429. The van der Waals surface area contributed by atoms with E-state index in [-0.39, 0.29) is 24.8 Å². The average molecular weight is 259 g/mol. The molecule has 1 amide bonds. The van der Waals surface area contributed by atoms with Crippen LogP contribution in [0, 0.1) is 0 Å². The third-order valence-corrected chi connectivity index (χ3v) is 2.23. The van der Waals surface area contributed by atoms with E-state index in [0.29, 0.717) is 4.60 Å². The predicted octanol–water partition coefficient (Wildman–Crippen LogP) is -0.268. The van der Waals surface area contributed by atoms with Crippen LogP contribution in [0.1, 0.15) is 6.42 Å². The van der Waals surface area contributed by atoms with Crippen LogP contribution < -0.4 is 4.90 Å². The van der Waals surface area contributed by atoms with Crippen LogP contribution in [0.5, 0.6) is 0 Å². The topological polar surface area (TPSA) is 79.2 Å². The number of aliphatic hydroxyl groups excluding tert-OH is 1. The molecule has 0 saturated carbocycles. The van der Waals surface area contributed by atoms with E-state index in [1.54, 1.807) is 0 Å². The molecule has 1 aliphatic heterocycles. The summed E-state index contributed by atoms with van der Waals surface area (Å²) in [4.78, 5) is 16.6. The summed E-state index contributed by atoms with van der Waals surface area (Å²) in [7, 11) is 0. The maximum Gasteiger partial charge on any atom is 0.252 e. The van der Waals surface area contributed by atoms with Gasteiger partial charge in [-0.1, -0.05) is 0 Å². The molecule has 1 aliphatic rings. The van der Waals surface area contributed by atoms with Crippen LogP contribution in [0.15, 0.2) is 10.8 Å². The Morgan fingerprint density at radius 3 is 2.86 bits per heavy atom. The summed E-state index contributed by atoms with van der Waals surface area (Å²) in [5.74, 6) is 0.0522. The number of hydrogen-bond acceptors (Lipinski definition) is 5. The van der Waals surface area contributed by atoms with E-state index in [1.165, 1.54) is 11.1 Å². The minimum absolute atomic E-state index is 0.124. The van der Waals surface area contributed by atoms with E-state index < -0.39 is 6.10 Å². The molecule has 74 valence electrons. The number of anilines is 1. The highest BCUT2D eigenvalue weighted by atomic mass is 79.9. The maximum atomic E-state index is 11.3. The molecule has 7 heteroatoms. The van der Waals surface area contributed by atoms with Crippen molar-refractivity contribution in [2.45, 2.75) is 12.5 Å². The standard InChI is InChI=1S/C7H7BrN4O2/c8-5-2-9-7(11-10-5)12-3-4(13)1-6(12)14/h2,4,13H,1,3H2. The van der Waals surface area contributed by atoms with E-state index in [2.05, 4.69) is 31.1 Å². The second-order valence-electron chi connectivity index (χ2n) is 2.94. The summed E-state index contributed by atoms with van der Waals surface area (Å²) in [5.41, 5.74) is 0. The number of aromatic nitrogens is 3. The molecule has 0 radical (unpaired) electrons.